The Balaban J connectivity index is 1.49. The Morgan fingerprint density at radius 2 is 1.73 bits per heavy atom. The molecular weight excluding hydrogens is 410 g/mol. The molecule has 0 bridgehead atoms. The Morgan fingerprint density at radius 3 is 2.39 bits per heavy atom. The van der Waals surface area contributed by atoms with Crippen LogP contribution >= 0.6 is 0 Å². The van der Waals surface area contributed by atoms with Crippen LogP contribution in [0, 0.1) is 12.3 Å². The number of hydrogen-bond acceptors (Lipinski definition) is 3. The largest absolute Gasteiger partial charge is 0.356 e. The van der Waals surface area contributed by atoms with Gasteiger partial charge >= 0.3 is 0 Å². The van der Waals surface area contributed by atoms with Crippen LogP contribution in [0.4, 0.5) is 0 Å². The molecule has 0 spiro atoms. The highest BCUT2D eigenvalue weighted by atomic mass is 16.2. The molecule has 2 heterocycles. The maximum atomic E-state index is 13.2. The molecule has 5 nitrogen and oxygen atoms in total. The predicted molar refractivity (Wildman–Crippen MR) is 131 cm³/mol. The van der Waals surface area contributed by atoms with Gasteiger partial charge in [-0.05, 0) is 55.0 Å². The predicted octanol–water partition coefficient (Wildman–Crippen LogP) is 4.20. The third-order valence-corrected chi connectivity index (χ3v) is 6.49. The Kier molecular flexibility index (Phi) is 6.87. The van der Waals surface area contributed by atoms with Gasteiger partial charge in [0.1, 0.15) is 0 Å². The van der Waals surface area contributed by atoms with Crippen molar-refractivity contribution in [1.82, 2.24) is 15.2 Å². The molecule has 3 aromatic rings. The molecule has 33 heavy (non-hydrogen) atoms. The zero-order valence-corrected chi connectivity index (χ0v) is 19.4. The number of carbonyl (C=O) groups is 2. The quantitative estimate of drug-likeness (QED) is 0.598. The Bertz CT molecular complexity index is 1090. The minimum atomic E-state index is -0.602. The number of benzene rings is 2. The number of amides is 2. The van der Waals surface area contributed by atoms with E-state index in [0.717, 1.165) is 22.3 Å². The van der Waals surface area contributed by atoms with Crippen LogP contribution in [-0.2, 0) is 22.4 Å². The maximum Gasteiger partial charge on any atom is 0.228 e. The second-order valence-electron chi connectivity index (χ2n) is 8.98. The fraction of sp³-hybridized carbons (Fsp3) is 0.321. The van der Waals surface area contributed by atoms with Crippen LogP contribution in [-0.4, -0.2) is 41.3 Å². The van der Waals surface area contributed by atoms with Crippen LogP contribution in [0.1, 0.15) is 30.0 Å². The molecule has 1 saturated heterocycles. The lowest BCUT2D eigenvalue weighted by atomic mass is 9.79. The summed E-state index contributed by atoms with van der Waals surface area (Å²) in [6, 6.07) is 20.3. The van der Waals surface area contributed by atoms with Crippen LogP contribution in [0.3, 0.4) is 0 Å². The summed E-state index contributed by atoms with van der Waals surface area (Å²) in [6.07, 6.45) is 5.26. The van der Waals surface area contributed by atoms with E-state index < -0.39 is 5.41 Å². The summed E-state index contributed by atoms with van der Waals surface area (Å²) in [5, 5.41) is 3.02. The summed E-state index contributed by atoms with van der Waals surface area (Å²) >= 11 is 0. The molecule has 0 unspecified atom stereocenters. The van der Waals surface area contributed by atoms with Gasteiger partial charge in [0.05, 0.1) is 11.8 Å². The van der Waals surface area contributed by atoms with E-state index in [4.69, 9.17) is 0 Å². The van der Waals surface area contributed by atoms with Gasteiger partial charge in [-0.1, -0.05) is 60.2 Å². The van der Waals surface area contributed by atoms with Gasteiger partial charge in [-0.15, -0.1) is 0 Å². The van der Waals surface area contributed by atoms with E-state index in [1.165, 1.54) is 5.56 Å². The molecule has 0 aliphatic carbocycles. The van der Waals surface area contributed by atoms with Crippen molar-refractivity contribution >= 4 is 11.8 Å². The molecule has 2 amide bonds. The molecule has 170 valence electrons. The third-order valence-electron chi connectivity index (χ3n) is 6.49. The Labute approximate surface area is 195 Å². The number of hydrogen-bond donors (Lipinski definition) is 1. The number of nitrogens with one attached hydrogen (secondary N) is 1. The average molecular weight is 442 g/mol. The highest BCUT2D eigenvalue weighted by molar-refractivity contribution is 5.86. The second-order valence-corrected chi connectivity index (χ2v) is 8.98. The molecular formula is C28H31N3O2. The van der Waals surface area contributed by atoms with Crippen LogP contribution in [0.5, 0.6) is 0 Å². The average Bonchev–Trinajstić information content (AvgIpc) is 3.27. The number of likely N-dealkylation sites (tertiary alicyclic amines) is 1. The standard InChI is InChI=1S/C28H31N3O2/c1-3-30-27(33)28(18-23-10-12-24(13-11-23)25-5-4-15-29-19-25)14-16-31(20-28)26(32)17-22-8-6-21(2)7-9-22/h4-13,15,19H,3,14,16-18,20H2,1-2H3,(H,30,33)/t28-/m0/s1. The highest BCUT2D eigenvalue weighted by Gasteiger charge is 2.45. The van der Waals surface area contributed by atoms with Crippen molar-refractivity contribution in [2.24, 2.45) is 5.41 Å². The van der Waals surface area contributed by atoms with E-state index in [2.05, 4.69) is 34.6 Å². The van der Waals surface area contributed by atoms with Gasteiger partial charge in [-0.25, -0.2) is 0 Å². The van der Waals surface area contributed by atoms with Gasteiger partial charge < -0.3 is 10.2 Å². The van der Waals surface area contributed by atoms with Gasteiger partial charge in [0.25, 0.3) is 0 Å². The number of carbonyl (C=O) groups excluding carboxylic acids is 2. The lowest BCUT2D eigenvalue weighted by Crippen LogP contribution is -2.45. The van der Waals surface area contributed by atoms with Crippen LogP contribution in [0.15, 0.2) is 73.1 Å². The van der Waals surface area contributed by atoms with E-state index in [1.807, 2.05) is 61.3 Å². The van der Waals surface area contributed by atoms with Gasteiger partial charge in [0, 0.05) is 32.0 Å². The minimum Gasteiger partial charge on any atom is -0.356 e. The summed E-state index contributed by atoms with van der Waals surface area (Å²) in [5.74, 6) is 0.115. The summed E-state index contributed by atoms with van der Waals surface area (Å²) in [6.45, 7) is 5.61. The highest BCUT2D eigenvalue weighted by Crippen LogP contribution is 2.35. The first-order chi connectivity index (χ1) is 16.0. The van der Waals surface area contributed by atoms with Crippen molar-refractivity contribution in [3.05, 3.63) is 89.7 Å². The topological polar surface area (TPSA) is 62.3 Å². The van der Waals surface area contributed by atoms with Crippen molar-refractivity contribution in [2.75, 3.05) is 19.6 Å². The van der Waals surface area contributed by atoms with Gasteiger partial charge in [0.2, 0.25) is 11.8 Å². The number of nitrogens with zero attached hydrogens (tertiary/aromatic N) is 2. The molecule has 1 atom stereocenters. The number of pyridine rings is 1. The summed E-state index contributed by atoms with van der Waals surface area (Å²) in [7, 11) is 0. The zero-order chi connectivity index (χ0) is 23.3. The minimum absolute atomic E-state index is 0.0342. The monoisotopic (exact) mass is 441 g/mol. The molecule has 1 fully saturated rings. The summed E-state index contributed by atoms with van der Waals surface area (Å²) < 4.78 is 0. The SMILES string of the molecule is CCNC(=O)[C@]1(Cc2ccc(-c3cccnc3)cc2)CCN(C(=O)Cc2ccc(C)cc2)C1. The maximum absolute atomic E-state index is 13.2. The fourth-order valence-electron chi connectivity index (χ4n) is 4.57. The van der Waals surface area contributed by atoms with E-state index >= 15 is 0 Å². The van der Waals surface area contributed by atoms with Crippen molar-refractivity contribution in [1.29, 1.82) is 0 Å². The Morgan fingerprint density at radius 1 is 1.00 bits per heavy atom. The summed E-state index contributed by atoms with van der Waals surface area (Å²) in [5.41, 5.74) is 4.84. The fourth-order valence-corrected chi connectivity index (χ4v) is 4.57. The molecule has 1 N–H and O–H groups in total. The first-order valence-corrected chi connectivity index (χ1v) is 11.6. The van der Waals surface area contributed by atoms with Crippen molar-refractivity contribution < 1.29 is 9.59 Å². The first kappa shape index (κ1) is 22.7. The number of rotatable bonds is 7. The zero-order valence-electron chi connectivity index (χ0n) is 19.4. The molecule has 1 aromatic heterocycles. The normalized spacial score (nSPS) is 17.7. The number of aromatic nitrogens is 1. The molecule has 2 aromatic carbocycles. The molecule has 5 heteroatoms. The molecule has 0 saturated carbocycles. The molecule has 1 aliphatic rings. The lowest BCUT2D eigenvalue weighted by molar-refractivity contribution is -0.132. The van der Waals surface area contributed by atoms with Crippen LogP contribution in [0.25, 0.3) is 11.1 Å². The number of aryl methyl sites for hydroxylation is 1. The van der Waals surface area contributed by atoms with E-state index in [9.17, 15) is 9.59 Å². The lowest BCUT2D eigenvalue weighted by Gasteiger charge is -2.28. The van der Waals surface area contributed by atoms with E-state index in [0.29, 0.717) is 38.9 Å². The van der Waals surface area contributed by atoms with Crippen molar-refractivity contribution in [3.8, 4) is 11.1 Å². The molecule has 1 aliphatic heterocycles. The third kappa shape index (κ3) is 5.30. The first-order valence-electron chi connectivity index (χ1n) is 11.6. The van der Waals surface area contributed by atoms with E-state index in [-0.39, 0.29) is 11.8 Å². The van der Waals surface area contributed by atoms with Gasteiger partial charge in [0.15, 0.2) is 0 Å². The molecule has 0 radical (unpaired) electrons. The Hall–Kier alpha value is -3.47. The van der Waals surface area contributed by atoms with Crippen molar-refractivity contribution in [3.63, 3.8) is 0 Å². The van der Waals surface area contributed by atoms with E-state index in [1.54, 1.807) is 6.20 Å². The van der Waals surface area contributed by atoms with Crippen LogP contribution < -0.4 is 5.32 Å². The van der Waals surface area contributed by atoms with Gasteiger partial charge in [-0.3, -0.25) is 14.6 Å². The smallest absolute Gasteiger partial charge is 0.228 e. The van der Waals surface area contributed by atoms with Crippen molar-refractivity contribution in [2.45, 2.75) is 33.1 Å². The summed E-state index contributed by atoms with van der Waals surface area (Å²) in [4.78, 5) is 32.2. The van der Waals surface area contributed by atoms with Crippen LogP contribution in [0.2, 0.25) is 0 Å². The van der Waals surface area contributed by atoms with Gasteiger partial charge in [-0.2, -0.15) is 0 Å². The second kappa shape index (κ2) is 9.99. The molecule has 4 rings (SSSR count).